The third-order valence-electron chi connectivity index (χ3n) is 4.04. The molecular weight excluding hydrogens is 312 g/mol. The second-order valence-electron chi connectivity index (χ2n) is 5.95. The van der Waals surface area contributed by atoms with E-state index >= 15 is 0 Å². The van der Waals surface area contributed by atoms with Gasteiger partial charge in [0.15, 0.2) is 0 Å². The van der Waals surface area contributed by atoms with Crippen molar-refractivity contribution in [1.82, 2.24) is 19.2 Å². The number of hydrogen-bond acceptors (Lipinski definition) is 4. The average molecular weight is 330 g/mol. The Kier molecular flexibility index (Phi) is 3.78. The van der Waals surface area contributed by atoms with E-state index in [1.807, 2.05) is 25.3 Å². The van der Waals surface area contributed by atoms with Crippen LogP contribution in [0.15, 0.2) is 66.3 Å². The van der Waals surface area contributed by atoms with Crippen molar-refractivity contribution in [3.05, 3.63) is 78.0 Å². The third kappa shape index (κ3) is 3.14. The van der Waals surface area contributed by atoms with Gasteiger partial charge in [0.2, 0.25) is 5.95 Å². The summed E-state index contributed by atoms with van der Waals surface area (Å²) in [5.74, 6) is 0.387. The first-order valence-electron chi connectivity index (χ1n) is 8.03. The van der Waals surface area contributed by atoms with E-state index < -0.39 is 0 Å². The molecular formula is C19H18N6. The first-order chi connectivity index (χ1) is 12.2. The van der Waals surface area contributed by atoms with Crippen LogP contribution in [0.4, 0.5) is 5.95 Å². The van der Waals surface area contributed by atoms with Crippen molar-refractivity contribution in [3.8, 4) is 0 Å². The van der Waals surface area contributed by atoms with E-state index in [2.05, 4.69) is 50.1 Å². The summed E-state index contributed by atoms with van der Waals surface area (Å²) in [6.07, 6.45) is 9.36. The lowest BCUT2D eigenvalue weighted by atomic mass is 10.2. The SMILES string of the molecule is Cc1cn(N=Cc2ccc3c(ccn3Cc3cccnc3)c2)c(N)n1. The predicted octanol–water partition coefficient (Wildman–Crippen LogP) is 3.05. The molecule has 3 aromatic heterocycles. The van der Waals surface area contributed by atoms with Gasteiger partial charge in [-0.1, -0.05) is 12.1 Å². The van der Waals surface area contributed by atoms with Crippen LogP contribution in [0, 0.1) is 6.92 Å². The fraction of sp³-hybridized carbons (Fsp3) is 0.105. The molecule has 6 heteroatoms. The molecule has 0 saturated carbocycles. The molecule has 0 aliphatic carbocycles. The Bertz CT molecular complexity index is 1040. The number of imidazole rings is 1. The van der Waals surface area contributed by atoms with Crippen molar-refractivity contribution in [3.63, 3.8) is 0 Å². The molecule has 0 saturated heterocycles. The van der Waals surface area contributed by atoms with E-state index in [1.165, 1.54) is 16.5 Å². The second kappa shape index (κ2) is 6.24. The first-order valence-corrected chi connectivity index (χ1v) is 8.03. The molecule has 0 aliphatic rings. The molecule has 0 unspecified atom stereocenters. The fourth-order valence-electron chi connectivity index (χ4n) is 2.85. The molecule has 25 heavy (non-hydrogen) atoms. The number of fused-ring (bicyclic) bond motifs is 1. The van der Waals surface area contributed by atoms with Crippen LogP contribution in [-0.2, 0) is 6.54 Å². The molecule has 0 spiro atoms. The average Bonchev–Trinajstić information content (AvgIpc) is 3.16. The minimum Gasteiger partial charge on any atom is -0.368 e. The zero-order chi connectivity index (χ0) is 17.2. The summed E-state index contributed by atoms with van der Waals surface area (Å²) < 4.78 is 3.79. The lowest BCUT2D eigenvalue weighted by Gasteiger charge is -2.05. The van der Waals surface area contributed by atoms with Crippen LogP contribution in [0.25, 0.3) is 10.9 Å². The van der Waals surface area contributed by atoms with Crippen molar-refractivity contribution >= 4 is 23.1 Å². The Morgan fingerprint density at radius 1 is 1.24 bits per heavy atom. The van der Waals surface area contributed by atoms with Gasteiger partial charge < -0.3 is 10.3 Å². The van der Waals surface area contributed by atoms with Gasteiger partial charge in [-0.2, -0.15) is 5.10 Å². The number of rotatable bonds is 4. The van der Waals surface area contributed by atoms with Crippen LogP contribution in [0.1, 0.15) is 16.8 Å². The van der Waals surface area contributed by atoms with Crippen molar-refractivity contribution in [2.24, 2.45) is 5.10 Å². The Morgan fingerprint density at radius 3 is 2.92 bits per heavy atom. The maximum absolute atomic E-state index is 5.80. The van der Waals surface area contributed by atoms with Crippen LogP contribution in [-0.4, -0.2) is 25.4 Å². The summed E-state index contributed by atoms with van der Waals surface area (Å²) >= 11 is 0. The van der Waals surface area contributed by atoms with Crippen molar-refractivity contribution in [2.45, 2.75) is 13.5 Å². The number of benzene rings is 1. The normalized spacial score (nSPS) is 11.6. The molecule has 124 valence electrons. The lowest BCUT2D eigenvalue weighted by Crippen LogP contribution is -1.98. The van der Waals surface area contributed by atoms with Gasteiger partial charge in [0.25, 0.3) is 0 Å². The Morgan fingerprint density at radius 2 is 2.16 bits per heavy atom. The van der Waals surface area contributed by atoms with Crippen molar-refractivity contribution in [2.75, 3.05) is 5.73 Å². The van der Waals surface area contributed by atoms with E-state index in [9.17, 15) is 0 Å². The highest BCUT2D eigenvalue weighted by Gasteiger charge is 2.03. The minimum atomic E-state index is 0.387. The van der Waals surface area contributed by atoms with Gasteiger partial charge in [-0.3, -0.25) is 4.98 Å². The van der Waals surface area contributed by atoms with E-state index in [-0.39, 0.29) is 0 Å². The van der Waals surface area contributed by atoms with Crippen LogP contribution in [0.2, 0.25) is 0 Å². The zero-order valence-corrected chi connectivity index (χ0v) is 13.9. The standard InChI is InChI=1S/C19H18N6/c1-14-12-25(19(20)23-14)22-11-15-4-5-18-17(9-15)6-8-24(18)13-16-3-2-7-21-10-16/h2-12H,13H2,1H3,(H2,20,23). The van der Waals surface area contributed by atoms with Crippen LogP contribution in [0.5, 0.6) is 0 Å². The molecule has 3 heterocycles. The molecule has 0 radical (unpaired) electrons. The van der Waals surface area contributed by atoms with Gasteiger partial charge in [0.1, 0.15) is 0 Å². The largest absolute Gasteiger partial charge is 0.368 e. The number of nitrogens with zero attached hydrogens (tertiary/aromatic N) is 5. The molecule has 4 aromatic rings. The number of hydrogen-bond donors (Lipinski definition) is 1. The summed E-state index contributed by atoms with van der Waals surface area (Å²) in [6.45, 7) is 2.69. The molecule has 0 fully saturated rings. The zero-order valence-electron chi connectivity index (χ0n) is 13.9. The topological polar surface area (TPSA) is 74.0 Å². The highest BCUT2D eigenvalue weighted by atomic mass is 15.4. The third-order valence-corrected chi connectivity index (χ3v) is 4.04. The van der Waals surface area contributed by atoms with Gasteiger partial charge in [-0.15, -0.1) is 0 Å². The van der Waals surface area contributed by atoms with E-state index in [0.29, 0.717) is 5.95 Å². The van der Waals surface area contributed by atoms with Crippen LogP contribution >= 0.6 is 0 Å². The maximum Gasteiger partial charge on any atom is 0.221 e. The Labute approximate surface area is 145 Å². The summed E-state index contributed by atoms with van der Waals surface area (Å²) in [5.41, 5.74) is 10.0. The Hall–Kier alpha value is -3.41. The fourth-order valence-corrected chi connectivity index (χ4v) is 2.85. The molecule has 1 aromatic carbocycles. The smallest absolute Gasteiger partial charge is 0.221 e. The predicted molar refractivity (Wildman–Crippen MR) is 99.6 cm³/mol. The summed E-state index contributed by atoms with van der Waals surface area (Å²) in [4.78, 5) is 8.31. The second-order valence-corrected chi connectivity index (χ2v) is 5.95. The number of aromatic nitrogens is 4. The highest BCUT2D eigenvalue weighted by molar-refractivity contribution is 5.89. The van der Waals surface area contributed by atoms with Gasteiger partial charge in [0.05, 0.1) is 18.1 Å². The first kappa shape index (κ1) is 15.1. The van der Waals surface area contributed by atoms with Gasteiger partial charge in [0, 0.05) is 36.0 Å². The van der Waals surface area contributed by atoms with Crippen LogP contribution < -0.4 is 5.73 Å². The van der Waals surface area contributed by atoms with Crippen LogP contribution in [0.3, 0.4) is 0 Å². The number of nitrogens with two attached hydrogens (primary N) is 1. The summed E-state index contributed by atoms with van der Waals surface area (Å²) in [6, 6.07) is 12.4. The lowest BCUT2D eigenvalue weighted by molar-refractivity contribution is 0.831. The summed E-state index contributed by atoms with van der Waals surface area (Å²) in [7, 11) is 0. The molecule has 2 N–H and O–H groups in total. The molecule has 6 nitrogen and oxygen atoms in total. The van der Waals surface area contributed by atoms with E-state index in [4.69, 9.17) is 5.73 Å². The van der Waals surface area contributed by atoms with Gasteiger partial charge in [-0.25, -0.2) is 9.66 Å². The van der Waals surface area contributed by atoms with Gasteiger partial charge >= 0.3 is 0 Å². The molecule has 0 amide bonds. The monoisotopic (exact) mass is 330 g/mol. The number of pyridine rings is 1. The quantitative estimate of drug-likeness (QED) is 0.584. The van der Waals surface area contributed by atoms with Crippen molar-refractivity contribution in [1.29, 1.82) is 0 Å². The molecule has 0 bridgehead atoms. The minimum absolute atomic E-state index is 0.387. The van der Waals surface area contributed by atoms with E-state index in [1.54, 1.807) is 23.3 Å². The Balaban J connectivity index is 1.60. The summed E-state index contributed by atoms with van der Waals surface area (Å²) in [5, 5.41) is 5.54. The van der Waals surface area contributed by atoms with E-state index in [0.717, 1.165) is 17.8 Å². The number of nitrogen functional groups attached to an aromatic ring is 1. The molecule has 0 atom stereocenters. The number of anilines is 1. The molecule has 0 aliphatic heterocycles. The molecule has 4 rings (SSSR count). The number of aryl methyl sites for hydroxylation is 1. The van der Waals surface area contributed by atoms with Gasteiger partial charge in [-0.05, 0) is 42.3 Å². The van der Waals surface area contributed by atoms with Crippen molar-refractivity contribution < 1.29 is 0 Å². The highest BCUT2D eigenvalue weighted by Crippen LogP contribution is 2.18. The maximum atomic E-state index is 5.80.